The van der Waals surface area contributed by atoms with Crippen molar-refractivity contribution in [2.45, 2.75) is 43.5 Å². The second kappa shape index (κ2) is 7.43. The summed E-state index contributed by atoms with van der Waals surface area (Å²) >= 11 is 0. The predicted molar refractivity (Wildman–Crippen MR) is 96.5 cm³/mol. The van der Waals surface area contributed by atoms with Crippen LogP contribution in [0.5, 0.6) is 0 Å². The van der Waals surface area contributed by atoms with Gasteiger partial charge in [0.1, 0.15) is 0 Å². The smallest absolute Gasteiger partial charge is 0.243 e. The summed E-state index contributed by atoms with van der Waals surface area (Å²) in [5.74, 6) is 0.0531. The van der Waals surface area contributed by atoms with E-state index in [2.05, 4.69) is 0 Å². The molecule has 6 nitrogen and oxygen atoms in total. The quantitative estimate of drug-likeness (QED) is 0.876. The average molecular weight is 365 g/mol. The Morgan fingerprint density at radius 3 is 2.32 bits per heavy atom. The van der Waals surface area contributed by atoms with E-state index in [-0.39, 0.29) is 17.9 Å². The largest absolute Gasteiger partial charge is 0.341 e. The minimum absolute atomic E-state index is 0.0692. The molecule has 0 spiro atoms. The summed E-state index contributed by atoms with van der Waals surface area (Å²) in [5, 5.41) is 0. The molecule has 2 heterocycles. The highest BCUT2D eigenvalue weighted by Gasteiger charge is 2.34. The van der Waals surface area contributed by atoms with Gasteiger partial charge < -0.3 is 10.6 Å². The number of benzene rings is 1. The van der Waals surface area contributed by atoms with E-state index in [1.807, 2.05) is 24.0 Å². The van der Waals surface area contributed by atoms with Crippen molar-refractivity contribution in [3.63, 3.8) is 0 Å². The first-order chi connectivity index (χ1) is 11.9. The van der Waals surface area contributed by atoms with Gasteiger partial charge in [-0.2, -0.15) is 4.31 Å². The first-order valence-electron chi connectivity index (χ1n) is 8.99. The Morgan fingerprint density at radius 1 is 1.08 bits per heavy atom. The number of carbonyl (C=O) groups excluding carboxylic acids is 1. The molecule has 138 valence electrons. The lowest BCUT2D eigenvalue weighted by molar-refractivity contribution is -0.137. The van der Waals surface area contributed by atoms with Crippen LogP contribution >= 0.6 is 0 Å². The number of rotatable bonds is 3. The Bertz CT molecular complexity index is 710. The molecule has 2 aliphatic rings. The zero-order valence-corrected chi connectivity index (χ0v) is 15.5. The summed E-state index contributed by atoms with van der Waals surface area (Å²) < 4.78 is 27.0. The molecule has 2 fully saturated rings. The lowest BCUT2D eigenvalue weighted by atomic mass is 9.95. The van der Waals surface area contributed by atoms with Crippen molar-refractivity contribution in [1.82, 2.24) is 9.21 Å². The van der Waals surface area contributed by atoms with Crippen LogP contribution in [0.4, 0.5) is 0 Å². The molecule has 0 aliphatic carbocycles. The van der Waals surface area contributed by atoms with Gasteiger partial charge in [0.15, 0.2) is 0 Å². The Kier molecular flexibility index (Phi) is 5.46. The number of piperidine rings is 2. The highest BCUT2D eigenvalue weighted by atomic mass is 32.2. The van der Waals surface area contributed by atoms with Crippen molar-refractivity contribution >= 4 is 15.9 Å². The zero-order chi connectivity index (χ0) is 18.0. The van der Waals surface area contributed by atoms with Crippen LogP contribution in [-0.2, 0) is 14.8 Å². The van der Waals surface area contributed by atoms with Gasteiger partial charge in [0.05, 0.1) is 4.90 Å². The van der Waals surface area contributed by atoms with Crippen LogP contribution in [0.1, 0.15) is 31.2 Å². The van der Waals surface area contributed by atoms with Crippen molar-refractivity contribution in [1.29, 1.82) is 0 Å². The molecule has 2 saturated heterocycles. The normalized spacial score (nSPS) is 23.6. The van der Waals surface area contributed by atoms with Gasteiger partial charge in [-0.25, -0.2) is 8.42 Å². The maximum absolute atomic E-state index is 12.7. The molecule has 1 aromatic carbocycles. The number of hydrogen-bond acceptors (Lipinski definition) is 4. The van der Waals surface area contributed by atoms with Gasteiger partial charge in [0.25, 0.3) is 0 Å². The summed E-state index contributed by atoms with van der Waals surface area (Å²) in [6, 6.07) is 6.99. The molecule has 1 atom stereocenters. The van der Waals surface area contributed by atoms with Gasteiger partial charge in [-0.05, 0) is 44.7 Å². The second-order valence-corrected chi connectivity index (χ2v) is 9.12. The Labute approximate surface area is 150 Å². The summed E-state index contributed by atoms with van der Waals surface area (Å²) in [5.41, 5.74) is 7.00. The molecule has 1 amide bonds. The van der Waals surface area contributed by atoms with E-state index in [4.69, 9.17) is 5.73 Å². The molecule has 0 saturated carbocycles. The standard InChI is InChI=1S/C18H27N3O3S/c1-14-4-6-17(7-5-14)25(23,24)21-11-8-15(9-12-21)18(22)20-10-2-3-16(19)13-20/h4-7,15-16H,2-3,8-13,19H2,1H3. The Morgan fingerprint density at radius 2 is 1.72 bits per heavy atom. The SMILES string of the molecule is Cc1ccc(S(=O)(=O)N2CCC(C(=O)N3CCCC(N)C3)CC2)cc1. The number of amides is 1. The molecule has 2 N–H and O–H groups in total. The van der Waals surface area contributed by atoms with Crippen molar-refractivity contribution < 1.29 is 13.2 Å². The number of sulfonamides is 1. The van der Waals surface area contributed by atoms with E-state index in [1.165, 1.54) is 4.31 Å². The molecule has 2 aliphatic heterocycles. The molecule has 0 aromatic heterocycles. The van der Waals surface area contributed by atoms with Crippen LogP contribution < -0.4 is 5.73 Å². The third kappa shape index (κ3) is 4.04. The Hall–Kier alpha value is -1.44. The number of nitrogens with two attached hydrogens (primary N) is 1. The third-order valence-electron chi connectivity index (χ3n) is 5.23. The van der Waals surface area contributed by atoms with E-state index < -0.39 is 10.0 Å². The van der Waals surface area contributed by atoms with Gasteiger partial charge in [0.2, 0.25) is 15.9 Å². The molecule has 3 rings (SSSR count). The van der Waals surface area contributed by atoms with Crippen LogP contribution in [0.2, 0.25) is 0 Å². The maximum Gasteiger partial charge on any atom is 0.243 e. The number of carbonyl (C=O) groups is 1. The van der Waals surface area contributed by atoms with Crippen LogP contribution in [0, 0.1) is 12.8 Å². The minimum atomic E-state index is -3.47. The monoisotopic (exact) mass is 365 g/mol. The van der Waals surface area contributed by atoms with Crippen LogP contribution in [0.25, 0.3) is 0 Å². The maximum atomic E-state index is 12.7. The highest BCUT2D eigenvalue weighted by molar-refractivity contribution is 7.89. The molecular formula is C18H27N3O3S. The fraction of sp³-hybridized carbons (Fsp3) is 0.611. The average Bonchev–Trinajstić information content (AvgIpc) is 2.61. The fourth-order valence-corrected chi connectivity index (χ4v) is 5.14. The van der Waals surface area contributed by atoms with E-state index in [0.29, 0.717) is 37.4 Å². The number of aryl methyl sites for hydroxylation is 1. The summed E-state index contributed by atoms with van der Waals surface area (Å²) in [6.45, 7) is 4.12. The molecule has 7 heteroatoms. The van der Waals surface area contributed by atoms with Gasteiger partial charge in [-0.3, -0.25) is 4.79 Å². The third-order valence-corrected chi connectivity index (χ3v) is 7.14. The molecule has 1 aromatic rings. The lowest BCUT2D eigenvalue weighted by Crippen LogP contribution is -2.50. The fourth-order valence-electron chi connectivity index (χ4n) is 3.67. The summed E-state index contributed by atoms with van der Waals surface area (Å²) in [4.78, 5) is 14.9. The van der Waals surface area contributed by atoms with Crippen molar-refractivity contribution in [2.24, 2.45) is 11.7 Å². The molecule has 25 heavy (non-hydrogen) atoms. The van der Waals surface area contributed by atoms with Crippen LogP contribution in [0.3, 0.4) is 0 Å². The Balaban J connectivity index is 1.61. The molecular weight excluding hydrogens is 338 g/mol. The van der Waals surface area contributed by atoms with Crippen molar-refractivity contribution in [2.75, 3.05) is 26.2 Å². The van der Waals surface area contributed by atoms with Crippen molar-refractivity contribution in [3.05, 3.63) is 29.8 Å². The number of nitrogens with zero attached hydrogens (tertiary/aromatic N) is 2. The molecule has 1 unspecified atom stereocenters. The first-order valence-corrected chi connectivity index (χ1v) is 10.4. The van der Waals surface area contributed by atoms with Gasteiger partial charge in [0, 0.05) is 38.1 Å². The molecule has 0 bridgehead atoms. The van der Waals surface area contributed by atoms with Gasteiger partial charge in [-0.15, -0.1) is 0 Å². The van der Waals surface area contributed by atoms with E-state index in [0.717, 1.165) is 24.9 Å². The van der Waals surface area contributed by atoms with Gasteiger partial charge in [-0.1, -0.05) is 17.7 Å². The van der Waals surface area contributed by atoms with Crippen molar-refractivity contribution in [3.8, 4) is 0 Å². The summed E-state index contributed by atoms with van der Waals surface area (Å²) in [7, 11) is -3.47. The lowest BCUT2D eigenvalue weighted by Gasteiger charge is -2.36. The zero-order valence-electron chi connectivity index (χ0n) is 14.7. The first kappa shape index (κ1) is 18.4. The van der Waals surface area contributed by atoms with Crippen LogP contribution in [-0.4, -0.2) is 55.8 Å². The topological polar surface area (TPSA) is 83.7 Å². The second-order valence-electron chi connectivity index (χ2n) is 7.18. The van der Waals surface area contributed by atoms with Crippen LogP contribution in [0.15, 0.2) is 29.2 Å². The van der Waals surface area contributed by atoms with E-state index in [1.54, 1.807) is 12.1 Å². The number of hydrogen-bond donors (Lipinski definition) is 1. The number of likely N-dealkylation sites (tertiary alicyclic amines) is 1. The molecule has 0 radical (unpaired) electrons. The summed E-state index contributed by atoms with van der Waals surface area (Å²) in [6.07, 6.45) is 3.08. The highest BCUT2D eigenvalue weighted by Crippen LogP contribution is 2.26. The van der Waals surface area contributed by atoms with E-state index >= 15 is 0 Å². The van der Waals surface area contributed by atoms with Gasteiger partial charge >= 0.3 is 0 Å². The minimum Gasteiger partial charge on any atom is -0.341 e. The predicted octanol–water partition coefficient (Wildman–Crippen LogP) is 1.35. The van der Waals surface area contributed by atoms with E-state index in [9.17, 15) is 13.2 Å².